The summed E-state index contributed by atoms with van der Waals surface area (Å²) in [7, 11) is 0. The molecule has 2 aromatic rings. The topological polar surface area (TPSA) is 76.7 Å². The number of carbonyl (C=O) groups excluding carboxylic acids is 2. The average molecular weight is 356 g/mol. The van der Waals surface area contributed by atoms with E-state index in [9.17, 15) is 9.59 Å². The predicted octanol–water partition coefficient (Wildman–Crippen LogP) is 4.67. The lowest BCUT2D eigenvalue weighted by molar-refractivity contribution is 0.104. The lowest BCUT2D eigenvalue weighted by atomic mass is 10.1. The van der Waals surface area contributed by atoms with Crippen LogP contribution in [0.1, 0.15) is 37.9 Å². The highest BCUT2D eigenvalue weighted by Crippen LogP contribution is 2.17. The number of nitrogens with one attached hydrogen (secondary N) is 2. The highest BCUT2D eigenvalue weighted by molar-refractivity contribution is 5.89. The second kappa shape index (κ2) is 9.46. The molecule has 0 aromatic heterocycles. The monoisotopic (exact) mass is 356 g/mol. The molecule has 0 spiro atoms. The van der Waals surface area contributed by atoms with E-state index in [4.69, 9.17) is 9.47 Å². The summed E-state index contributed by atoms with van der Waals surface area (Å²) in [6.45, 7) is 5.98. The Morgan fingerprint density at radius 1 is 1.00 bits per heavy atom. The molecular formula is C20H24N2O4. The van der Waals surface area contributed by atoms with Crippen LogP contribution < -0.4 is 15.4 Å². The molecule has 2 aromatic carbocycles. The molecule has 138 valence electrons. The van der Waals surface area contributed by atoms with Crippen LogP contribution in [0.2, 0.25) is 0 Å². The second-order valence-corrected chi connectivity index (χ2v) is 5.72. The molecule has 0 bridgehead atoms. The van der Waals surface area contributed by atoms with Gasteiger partial charge in [-0.15, -0.1) is 0 Å². The fourth-order valence-electron chi connectivity index (χ4n) is 2.34. The van der Waals surface area contributed by atoms with Gasteiger partial charge < -0.3 is 20.1 Å². The fourth-order valence-corrected chi connectivity index (χ4v) is 2.34. The van der Waals surface area contributed by atoms with Crippen LogP contribution in [-0.2, 0) is 11.2 Å². The zero-order valence-corrected chi connectivity index (χ0v) is 15.2. The van der Waals surface area contributed by atoms with Crippen molar-refractivity contribution >= 4 is 17.9 Å². The molecular weight excluding hydrogens is 332 g/mol. The lowest BCUT2D eigenvalue weighted by Gasteiger charge is -2.15. The average Bonchev–Trinajstić information content (AvgIpc) is 2.63. The maximum Gasteiger partial charge on any atom is 0.513 e. The maximum atomic E-state index is 12.1. The second-order valence-electron chi connectivity index (χ2n) is 5.72. The molecule has 2 N–H and O–H groups in total. The smallest absolute Gasteiger partial charge is 0.434 e. The summed E-state index contributed by atoms with van der Waals surface area (Å²) in [5, 5.41) is 5.64. The third-order valence-electron chi connectivity index (χ3n) is 3.81. The molecule has 0 aliphatic heterocycles. The Bertz CT molecular complexity index is 726. The molecule has 2 rings (SSSR count). The molecule has 0 saturated carbocycles. The molecule has 0 heterocycles. The minimum Gasteiger partial charge on any atom is -0.434 e. The normalized spacial score (nSPS) is 11.3. The van der Waals surface area contributed by atoms with E-state index in [0.29, 0.717) is 11.4 Å². The number of hydrogen-bond donors (Lipinski definition) is 2. The Hall–Kier alpha value is -3.02. The number of urea groups is 1. The van der Waals surface area contributed by atoms with Gasteiger partial charge in [0.2, 0.25) is 0 Å². The van der Waals surface area contributed by atoms with Crippen molar-refractivity contribution in [3.63, 3.8) is 0 Å². The first-order valence-electron chi connectivity index (χ1n) is 8.62. The van der Waals surface area contributed by atoms with Crippen LogP contribution in [0.5, 0.6) is 5.75 Å². The zero-order valence-electron chi connectivity index (χ0n) is 15.2. The van der Waals surface area contributed by atoms with Crippen LogP contribution in [0, 0.1) is 0 Å². The lowest BCUT2D eigenvalue weighted by Crippen LogP contribution is -2.31. The molecule has 0 aliphatic carbocycles. The zero-order chi connectivity index (χ0) is 18.9. The summed E-state index contributed by atoms with van der Waals surface area (Å²) in [6, 6.07) is 14.2. The van der Waals surface area contributed by atoms with E-state index in [1.807, 2.05) is 19.1 Å². The number of rotatable bonds is 6. The first-order chi connectivity index (χ1) is 12.5. The molecule has 6 nitrogen and oxygen atoms in total. The van der Waals surface area contributed by atoms with Gasteiger partial charge in [-0.25, -0.2) is 9.59 Å². The van der Waals surface area contributed by atoms with E-state index in [2.05, 4.69) is 29.7 Å². The molecule has 26 heavy (non-hydrogen) atoms. The largest absolute Gasteiger partial charge is 0.513 e. The summed E-state index contributed by atoms with van der Waals surface area (Å²) in [6.07, 6.45) is 0.229. The molecule has 0 saturated heterocycles. The van der Waals surface area contributed by atoms with Crippen LogP contribution in [-0.4, -0.2) is 18.8 Å². The predicted molar refractivity (Wildman–Crippen MR) is 100 cm³/mol. The number of ether oxygens (including phenoxy) is 2. The standard InChI is InChI=1S/C20H24N2O4/c1-4-15-6-8-16(9-7-15)14(3)21-19(23)22-17-10-12-18(13-11-17)26-20(24)25-5-2/h6-14H,4-5H2,1-3H3,(H2,21,22,23). The van der Waals surface area contributed by atoms with Crippen molar-refractivity contribution < 1.29 is 19.1 Å². The van der Waals surface area contributed by atoms with Gasteiger partial charge in [-0.2, -0.15) is 0 Å². The Morgan fingerprint density at radius 3 is 2.23 bits per heavy atom. The molecule has 0 radical (unpaired) electrons. The summed E-state index contributed by atoms with van der Waals surface area (Å²) in [5.41, 5.74) is 2.89. The van der Waals surface area contributed by atoms with Crippen LogP contribution in [0.15, 0.2) is 48.5 Å². The number of hydrogen-bond acceptors (Lipinski definition) is 4. The number of carbonyl (C=O) groups is 2. The van der Waals surface area contributed by atoms with Crippen molar-refractivity contribution in [1.29, 1.82) is 0 Å². The van der Waals surface area contributed by atoms with E-state index < -0.39 is 6.16 Å². The van der Waals surface area contributed by atoms with Crippen molar-refractivity contribution in [3.8, 4) is 5.75 Å². The number of amides is 2. The molecule has 0 fully saturated rings. The van der Waals surface area contributed by atoms with Gasteiger partial charge in [-0.3, -0.25) is 0 Å². The maximum absolute atomic E-state index is 12.1. The molecule has 0 aliphatic rings. The first-order valence-corrected chi connectivity index (χ1v) is 8.62. The number of anilines is 1. The number of aryl methyl sites for hydroxylation is 1. The highest BCUT2D eigenvalue weighted by Gasteiger charge is 2.10. The highest BCUT2D eigenvalue weighted by atomic mass is 16.7. The van der Waals surface area contributed by atoms with Gasteiger partial charge in [0.05, 0.1) is 12.6 Å². The third kappa shape index (κ3) is 5.81. The molecule has 2 amide bonds. The van der Waals surface area contributed by atoms with Gasteiger partial charge in [-0.1, -0.05) is 31.2 Å². The van der Waals surface area contributed by atoms with Crippen LogP contribution in [0.3, 0.4) is 0 Å². The van der Waals surface area contributed by atoms with Crippen molar-refractivity contribution in [1.82, 2.24) is 5.32 Å². The minimum absolute atomic E-state index is 0.118. The Kier molecular flexibility index (Phi) is 7.02. The van der Waals surface area contributed by atoms with Crippen LogP contribution in [0.4, 0.5) is 15.3 Å². The molecule has 6 heteroatoms. The quantitative estimate of drug-likeness (QED) is 0.583. The molecule has 1 atom stereocenters. The molecule has 1 unspecified atom stereocenters. The third-order valence-corrected chi connectivity index (χ3v) is 3.81. The summed E-state index contributed by atoms with van der Waals surface area (Å²) >= 11 is 0. The van der Waals surface area contributed by atoms with Gasteiger partial charge in [0, 0.05) is 5.69 Å². The van der Waals surface area contributed by atoms with Crippen molar-refractivity contribution in [2.75, 3.05) is 11.9 Å². The van der Waals surface area contributed by atoms with Gasteiger partial charge in [-0.05, 0) is 55.7 Å². The van der Waals surface area contributed by atoms with Gasteiger partial charge in [0.25, 0.3) is 0 Å². The Morgan fingerprint density at radius 2 is 1.65 bits per heavy atom. The summed E-state index contributed by atoms with van der Waals surface area (Å²) in [5.74, 6) is 0.346. The fraction of sp³-hybridized carbons (Fsp3) is 0.300. The van der Waals surface area contributed by atoms with Crippen LogP contribution in [0.25, 0.3) is 0 Å². The van der Waals surface area contributed by atoms with Gasteiger partial charge in [0.15, 0.2) is 0 Å². The van der Waals surface area contributed by atoms with E-state index in [1.165, 1.54) is 5.56 Å². The Balaban J connectivity index is 1.87. The van der Waals surface area contributed by atoms with E-state index in [-0.39, 0.29) is 18.7 Å². The first kappa shape index (κ1) is 19.3. The van der Waals surface area contributed by atoms with Crippen molar-refractivity contribution in [2.24, 2.45) is 0 Å². The Labute approximate surface area is 153 Å². The SMILES string of the molecule is CCOC(=O)Oc1ccc(NC(=O)NC(C)c2ccc(CC)cc2)cc1. The summed E-state index contributed by atoms with van der Waals surface area (Å²) in [4.78, 5) is 23.4. The van der Waals surface area contributed by atoms with Crippen molar-refractivity contribution in [2.45, 2.75) is 33.2 Å². The minimum atomic E-state index is -0.756. The number of benzene rings is 2. The van der Waals surface area contributed by atoms with Crippen molar-refractivity contribution in [3.05, 3.63) is 59.7 Å². The van der Waals surface area contributed by atoms with Crippen LogP contribution >= 0.6 is 0 Å². The van der Waals surface area contributed by atoms with E-state index in [1.54, 1.807) is 31.2 Å². The van der Waals surface area contributed by atoms with E-state index >= 15 is 0 Å². The van der Waals surface area contributed by atoms with E-state index in [0.717, 1.165) is 12.0 Å². The summed E-state index contributed by atoms with van der Waals surface area (Å²) < 4.78 is 9.67. The van der Waals surface area contributed by atoms with Gasteiger partial charge in [0.1, 0.15) is 5.75 Å². The van der Waals surface area contributed by atoms with Gasteiger partial charge >= 0.3 is 12.2 Å².